The second-order valence-corrected chi connectivity index (χ2v) is 7.21. The first-order valence-electron chi connectivity index (χ1n) is 10.3. The number of aryl methyl sites for hydroxylation is 1. The van der Waals surface area contributed by atoms with Gasteiger partial charge in [-0.15, -0.1) is 10.2 Å². The van der Waals surface area contributed by atoms with Crippen LogP contribution >= 0.6 is 0 Å². The first kappa shape index (κ1) is 22.1. The van der Waals surface area contributed by atoms with Gasteiger partial charge in [0.05, 0.1) is 26.7 Å². The van der Waals surface area contributed by atoms with Crippen molar-refractivity contribution in [2.45, 2.75) is 33.0 Å². The number of nitrogens with zero attached hydrogens (tertiary/aromatic N) is 4. The molecule has 0 aliphatic heterocycles. The summed E-state index contributed by atoms with van der Waals surface area (Å²) in [5.41, 5.74) is 1.14. The maximum atomic E-state index is 6.00. The lowest BCUT2D eigenvalue weighted by Crippen LogP contribution is -2.42. The van der Waals surface area contributed by atoms with Gasteiger partial charge in [0.1, 0.15) is 23.4 Å². The Morgan fingerprint density at radius 3 is 2.55 bits per heavy atom. The van der Waals surface area contributed by atoms with Crippen molar-refractivity contribution >= 4 is 5.96 Å². The van der Waals surface area contributed by atoms with Gasteiger partial charge in [0, 0.05) is 13.1 Å². The van der Waals surface area contributed by atoms with Crippen molar-refractivity contribution in [3.05, 3.63) is 71.8 Å². The number of rotatable bonds is 9. The average Bonchev–Trinajstić information content (AvgIpc) is 3.11. The highest BCUT2D eigenvalue weighted by atomic mass is 16.5. The molecule has 0 saturated heterocycles. The molecule has 1 aromatic heterocycles. The summed E-state index contributed by atoms with van der Waals surface area (Å²) in [6, 6.07) is 17.7. The lowest BCUT2D eigenvalue weighted by atomic mass is 10.2. The number of hydrogen-bond donors (Lipinski definition) is 2. The Hall–Kier alpha value is -3.55. The van der Waals surface area contributed by atoms with Crippen LogP contribution in [-0.4, -0.2) is 40.5 Å². The van der Waals surface area contributed by atoms with E-state index in [0.717, 1.165) is 28.7 Å². The second-order valence-electron chi connectivity index (χ2n) is 7.21. The smallest absolute Gasteiger partial charge is 0.192 e. The molecule has 0 radical (unpaired) electrons. The van der Waals surface area contributed by atoms with E-state index >= 15 is 0 Å². The molecule has 31 heavy (non-hydrogen) atoms. The summed E-state index contributed by atoms with van der Waals surface area (Å²) in [5, 5.41) is 15.0. The highest BCUT2D eigenvalue weighted by Gasteiger charge is 2.09. The summed E-state index contributed by atoms with van der Waals surface area (Å²) in [5.74, 6) is 3.92. The van der Waals surface area contributed by atoms with Gasteiger partial charge in [-0.25, -0.2) is 4.99 Å². The van der Waals surface area contributed by atoms with Crippen LogP contribution < -0.4 is 20.1 Å². The topological polar surface area (TPSA) is 85.6 Å². The van der Waals surface area contributed by atoms with Crippen LogP contribution in [0.4, 0.5) is 0 Å². The Morgan fingerprint density at radius 1 is 1.06 bits per heavy atom. The van der Waals surface area contributed by atoms with Crippen molar-refractivity contribution in [1.29, 1.82) is 0 Å². The Labute approximate surface area is 183 Å². The molecular formula is C23H30N6O2. The van der Waals surface area contributed by atoms with Crippen molar-refractivity contribution in [1.82, 2.24) is 25.4 Å². The standard InChI is InChI=1S/C23H30N6O2/c1-17(31-21-12-8-11-20(13-21)30-4)14-24-23(25-15-19-9-6-5-7-10-19)26-16-22-28-27-18(2)29(22)3/h5-13,17H,14-16H2,1-4H3,(H2,24,25,26). The first-order chi connectivity index (χ1) is 15.0. The summed E-state index contributed by atoms with van der Waals surface area (Å²) < 4.78 is 13.2. The fraction of sp³-hybridized carbons (Fsp3) is 0.348. The number of methoxy groups -OCH3 is 1. The molecule has 0 aliphatic carbocycles. The quantitative estimate of drug-likeness (QED) is 0.407. The van der Waals surface area contributed by atoms with E-state index in [0.29, 0.717) is 25.6 Å². The van der Waals surface area contributed by atoms with E-state index in [2.05, 4.69) is 33.0 Å². The number of hydrogen-bond acceptors (Lipinski definition) is 5. The third-order valence-corrected chi connectivity index (χ3v) is 4.79. The Balaban J connectivity index is 1.61. The second kappa shape index (κ2) is 11.0. The molecule has 1 heterocycles. The van der Waals surface area contributed by atoms with Gasteiger partial charge in [-0.05, 0) is 31.5 Å². The zero-order chi connectivity index (χ0) is 22.1. The van der Waals surface area contributed by atoms with Crippen LogP contribution in [0.5, 0.6) is 11.5 Å². The molecule has 0 aliphatic rings. The van der Waals surface area contributed by atoms with Gasteiger partial charge in [-0.2, -0.15) is 0 Å². The van der Waals surface area contributed by atoms with Crippen LogP contribution in [0.3, 0.4) is 0 Å². The van der Waals surface area contributed by atoms with Gasteiger partial charge < -0.3 is 24.7 Å². The van der Waals surface area contributed by atoms with E-state index in [1.807, 2.05) is 67.9 Å². The zero-order valence-corrected chi connectivity index (χ0v) is 18.5. The first-order valence-corrected chi connectivity index (χ1v) is 10.3. The van der Waals surface area contributed by atoms with Crippen LogP contribution in [0.25, 0.3) is 0 Å². The highest BCUT2D eigenvalue weighted by Crippen LogP contribution is 2.19. The van der Waals surface area contributed by atoms with Crippen LogP contribution in [0.2, 0.25) is 0 Å². The number of benzene rings is 2. The minimum absolute atomic E-state index is 0.0760. The summed E-state index contributed by atoms with van der Waals surface area (Å²) in [6.45, 7) is 5.60. The van der Waals surface area contributed by atoms with Gasteiger partial charge in [0.15, 0.2) is 11.8 Å². The third-order valence-electron chi connectivity index (χ3n) is 4.79. The van der Waals surface area contributed by atoms with Crippen molar-refractivity contribution in [2.75, 3.05) is 13.7 Å². The van der Waals surface area contributed by atoms with Gasteiger partial charge in [-0.1, -0.05) is 36.4 Å². The van der Waals surface area contributed by atoms with E-state index in [1.54, 1.807) is 7.11 Å². The summed E-state index contributed by atoms with van der Waals surface area (Å²) in [6.07, 6.45) is -0.0760. The molecule has 1 unspecified atom stereocenters. The Morgan fingerprint density at radius 2 is 1.84 bits per heavy atom. The van der Waals surface area contributed by atoms with E-state index in [1.165, 1.54) is 0 Å². The molecule has 3 rings (SSSR count). The monoisotopic (exact) mass is 422 g/mol. The molecular weight excluding hydrogens is 392 g/mol. The summed E-state index contributed by atoms with van der Waals surface area (Å²) in [4.78, 5) is 4.71. The minimum atomic E-state index is -0.0760. The zero-order valence-electron chi connectivity index (χ0n) is 18.5. The molecule has 3 aromatic rings. The minimum Gasteiger partial charge on any atom is -0.497 e. The number of aromatic nitrogens is 3. The predicted octanol–water partition coefficient (Wildman–Crippen LogP) is 2.84. The lowest BCUT2D eigenvalue weighted by Gasteiger charge is -2.18. The maximum absolute atomic E-state index is 6.00. The highest BCUT2D eigenvalue weighted by molar-refractivity contribution is 5.79. The molecule has 0 spiro atoms. The van der Waals surface area contributed by atoms with Gasteiger partial charge in [0.2, 0.25) is 0 Å². The van der Waals surface area contributed by atoms with Gasteiger partial charge in [-0.3, -0.25) is 0 Å². The summed E-state index contributed by atoms with van der Waals surface area (Å²) >= 11 is 0. The normalized spacial score (nSPS) is 12.3. The van der Waals surface area contributed by atoms with Crippen molar-refractivity contribution in [2.24, 2.45) is 12.0 Å². The fourth-order valence-electron chi connectivity index (χ4n) is 2.88. The summed E-state index contributed by atoms with van der Waals surface area (Å²) in [7, 11) is 3.59. The van der Waals surface area contributed by atoms with E-state index in [-0.39, 0.29) is 6.10 Å². The lowest BCUT2D eigenvalue weighted by molar-refractivity contribution is 0.223. The number of ether oxygens (including phenoxy) is 2. The molecule has 0 fully saturated rings. The van der Waals surface area contributed by atoms with E-state index in [4.69, 9.17) is 14.5 Å². The predicted molar refractivity (Wildman–Crippen MR) is 121 cm³/mol. The molecule has 8 nitrogen and oxygen atoms in total. The molecule has 164 valence electrons. The molecule has 2 aromatic carbocycles. The molecule has 0 amide bonds. The molecule has 2 N–H and O–H groups in total. The van der Waals surface area contributed by atoms with Crippen molar-refractivity contribution in [3.63, 3.8) is 0 Å². The van der Waals surface area contributed by atoms with Crippen LogP contribution in [0, 0.1) is 6.92 Å². The molecule has 0 saturated carbocycles. The fourth-order valence-corrected chi connectivity index (χ4v) is 2.88. The van der Waals surface area contributed by atoms with E-state index in [9.17, 15) is 0 Å². The largest absolute Gasteiger partial charge is 0.497 e. The van der Waals surface area contributed by atoms with Gasteiger partial charge in [0.25, 0.3) is 0 Å². The molecule has 1 atom stereocenters. The van der Waals surface area contributed by atoms with Crippen LogP contribution in [0.1, 0.15) is 24.1 Å². The average molecular weight is 423 g/mol. The number of nitrogens with one attached hydrogen (secondary N) is 2. The maximum Gasteiger partial charge on any atom is 0.192 e. The van der Waals surface area contributed by atoms with Crippen LogP contribution in [0.15, 0.2) is 59.6 Å². The molecule has 8 heteroatoms. The van der Waals surface area contributed by atoms with Crippen molar-refractivity contribution in [3.8, 4) is 11.5 Å². The van der Waals surface area contributed by atoms with Crippen LogP contribution in [-0.2, 0) is 20.1 Å². The third kappa shape index (κ3) is 6.74. The SMILES string of the molecule is COc1cccc(OC(C)CNC(=NCc2ccccc2)NCc2nnc(C)n2C)c1. The van der Waals surface area contributed by atoms with Gasteiger partial charge >= 0.3 is 0 Å². The number of guanidine groups is 1. The Bertz CT molecular complexity index is 987. The molecule has 0 bridgehead atoms. The van der Waals surface area contributed by atoms with E-state index < -0.39 is 0 Å². The van der Waals surface area contributed by atoms with Crippen molar-refractivity contribution < 1.29 is 9.47 Å². The Kier molecular flexibility index (Phi) is 7.86. The number of aliphatic imine (C=N–C) groups is 1.